The van der Waals surface area contributed by atoms with E-state index in [0.29, 0.717) is 35.5 Å². The molecule has 3 fully saturated rings. The quantitative estimate of drug-likeness (QED) is 0.453. The molecule has 0 spiro atoms. The van der Waals surface area contributed by atoms with Crippen LogP contribution in [0.5, 0.6) is 0 Å². The summed E-state index contributed by atoms with van der Waals surface area (Å²) < 4.78 is 2.23. The zero-order chi connectivity index (χ0) is 26.1. The smallest absolute Gasteiger partial charge is 0.253 e. The highest BCUT2D eigenvalue weighted by molar-refractivity contribution is 5.95. The zero-order valence-electron chi connectivity index (χ0n) is 22.3. The van der Waals surface area contributed by atoms with E-state index >= 15 is 0 Å². The molecule has 2 saturated carbocycles. The van der Waals surface area contributed by atoms with Crippen LogP contribution in [0, 0.1) is 0 Å². The Morgan fingerprint density at radius 1 is 0.947 bits per heavy atom. The summed E-state index contributed by atoms with van der Waals surface area (Å²) in [4.78, 5) is 31.7. The molecule has 6 rings (SSSR count). The van der Waals surface area contributed by atoms with Crippen LogP contribution in [0.15, 0.2) is 30.6 Å². The van der Waals surface area contributed by atoms with Gasteiger partial charge in [0.15, 0.2) is 17.0 Å². The lowest BCUT2D eigenvalue weighted by Crippen LogP contribution is -2.47. The number of carbonyl (C=O) groups excluding carboxylic acids is 1. The van der Waals surface area contributed by atoms with Crippen LogP contribution in [0.1, 0.15) is 67.8 Å². The van der Waals surface area contributed by atoms with Gasteiger partial charge in [0.2, 0.25) is 5.95 Å². The monoisotopic (exact) mass is 517 g/mol. The predicted molar refractivity (Wildman–Crippen MR) is 150 cm³/mol. The third-order valence-corrected chi connectivity index (χ3v) is 8.43. The number of aromatic nitrogens is 4. The minimum Gasteiger partial charge on any atom is -0.351 e. The summed E-state index contributed by atoms with van der Waals surface area (Å²) in [5, 5.41) is 7.05. The average molecular weight is 518 g/mol. The Hall–Kier alpha value is -3.24. The number of likely N-dealkylation sites (N-methyl/N-ethyl adjacent to an activating group) is 1. The van der Waals surface area contributed by atoms with E-state index in [4.69, 9.17) is 20.7 Å². The molecule has 2 aliphatic carbocycles. The summed E-state index contributed by atoms with van der Waals surface area (Å²) in [7, 11) is 2.09. The van der Waals surface area contributed by atoms with E-state index in [1.165, 1.54) is 12.8 Å². The Kier molecular flexibility index (Phi) is 7.16. The van der Waals surface area contributed by atoms with Gasteiger partial charge in [0.05, 0.1) is 6.33 Å². The molecule has 10 nitrogen and oxygen atoms in total. The fourth-order valence-corrected chi connectivity index (χ4v) is 5.99. The number of anilines is 3. The summed E-state index contributed by atoms with van der Waals surface area (Å²) in [6.07, 6.45) is 10.8. The molecule has 3 heterocycles. The first-order valence-electron chi connectivity index (χ1n) is 14.1. The number of piperazine rings is 1. The largest absolute Gasteiger partial charge is 0.351 e. The molecule has 10 heteroatoms. The van der Waals surface area contributed by atoms with Crippen LogP contribution in [0.25, 0.3) is 11.2 Å². The summed E-state index contributed by atoms with van der Waals surface area (Å²) in [5.41, 5.74) is 9.33. The Labute approximate surface area is 224 Å². The molecular weight excluding hydrogens is 478 g/mol. The predicted octanol–water partition coefficient (Wildman–Crippen LogP) is 3.75. The third kappa shape index (κ3) is 5.33. The molecule has 1 saturated heterocycles. The number of carbonyl (C=O) groups is 1. The Morgan fingerprint density at radius 2 is 1.66 bits per heavy atom. The average Bonchev–Trinajstić information content (AvgIpc) is 3.61. The zero-order valence-corrected chi connectivity index (χ0v) is 22.3. The van der Waals surface area contributed by atoms with Gasteiger partial charge in [-0.15, -0.1) is 0 Å². The number of nitrogens with one attached hydrogen (secondary N) is 2. The van der Waals surface area contributed by atoms with Crippen molar-refractivity contribution in [3.05, 3.63) is 36.2 Å². The molecule has 0 atom stereocenters. The highest BCUT2D eigenvalue weighted by Crippen LogP contribution is 2.34. The van der Waals surface area contributed by atoms with Crippen molar-refractivity contribution in [1.82, 2.24) is 29.3 Å². The van der Waals surface area contributed by atoms with Gasteiger partial charge in [-0.1, -0.05) is 12.8 Å². The van der Waals surface area contributed by atoms with Crippen LogP contribution in [0.2, 0.25) is 0 Å². The first-order valence-corrected chi connectivity index (χ1v) is 14.1. The molecule has 0 radical (unpaired) electrons. The molecule has 4 N–H and O–H groups in total. The molecule has 1 aliphatic heterocycles. The van der Waals surface area contributed by atoms with E-state index in [0.717, 1.165) is 81.6 Å². The van der Waals surface area contributed by atoms with Gasteiger partial charge in [-0.2, -0.15) is 9.97 Å². The number of benzene rings is 1. The van der Waals surface area contributed by atoms with E-state index in [1.807, 2.05) is 35.5 Å². The van der Waals surface area contributed by atoms with Gasteiger partial charge >= 0.3 is 0 Å². The summed E-state index contributed by atoms with van der Waals surface area (Å²) in [6.45, 7) is 3.35. The first kappa shape index (κ1) is 25.1. The van der Waals surface area contributed by atoms with E-state index in [1.54, 1.807) is 0 Å². The number of hydrogen-bond acceptors (Lipinski definition) is 8. The van der Waals surface area contributed by atoms with Gasteiger partial charge in [-0.25, -0.2) is 4.98 Å². The van der Waals surface area contributed by atoms with Crippen LogP contribution >= 0.6 is 0 Å². The molecule has 3 aromatic rings. The number of amides is 1. The van der Waals surface area contributed by atoms with Gasteiger partial charge in [0, 0.05) is 55.6 Å². The van der Waals surface area contributed by atoms with Crippen LogP contribution in [-0.2, 0) is 0 Å². The van der Waals surface area contributed by atoms with Gasteiger partial charge in [0.1, 0.15) is 0 Å². The SMILES string of the molecule is CN1CCN(C(=O)c2ccc(Nc3nc(NC4CCC(N)CC4)nc4c3ncn4C3CCCC3)cc2)CC1. The fourth-order valence-electron chi connectivity index (χ4n) is 5.99. The van der Waals surface area contributed by atoms with Gasteiger partial charge in [0.25, 0.3) is 5.91 Å². The number of nitrogens with two attached hydrogens (primary N) is 1. The van der Waals surface area contributed by atoms with Gasteiger partial charge in [-0.3, -0.25) is 4.79 Å². The van der Waals surface area contributed by atoms with E-state index in [-0.39, 0.29) is 5.91 Å². The molecule has 38 heavy (non-hydrogen) atoms. The van der Waals surface area contributed by atoms with Crippen molar-refractivity contribution in [3.8, 4) is 0 Å². The summed E-state index contributed by atoms with van der Waals surface area (Å²) >= 11 is 0. The second-order valence-electron chi connectivity index (χ2n) is 11.2. The Morgan fingerprint density at radius 3 is 2.37 bits per heavy atom. The molecule has 0 bridgehead atoms. The van der Waals surface area contributed by atoms with Gasteiger partial charge < -0.3 is 30.7 Å². The maximum Gasteiger partial charge on any atom is 0.253 e. The van der Waals surface area contributed by atoms with Gasteiger partial charge in [-0.05, 0) is 69.8 Å². The van der Waals surface area contributed by atoms with Crippen molar-refractivity contribution in [3.63, 3.8) is 0 Å². The Bertz CT molecular complexity index is 1250. The van der Waals surface area contributed by atoms with Crippen molar-refractivity contribution < 1.29 is 4.79 Å². The lowest BCUT2D eigenvalue weighted by atomic mass is 9.92. The summed E-state index contributed by atoms with van der Waals surface area (Å²) in [5.74, 6) is 1.39. The van der Waals surface area contributed by atoms with Crippen molar-refractivity contribution in [2.24, 2.45) is 5.73 Å². The molecule has 0 unspecified atom stereocenters. The maximum absolute atomic E-state index is 13.0. The lowest BCUT2D eigenvalue weighted by Gasteiger charge is -2.32. The fraction of sp³-hybridized carbons (Fsp3) is 0.571. The molecular formula is C28H39N9O. The lowest BCUT2D eigenvalue weighted by molar-refractivity contribution is 0.0664. The van der Waals surface area contributed by atoms with Crippen molar-refractivity contribution in [1.29, 1.82) is 0 Å². The second kappa shape index (κ2) is 10.9. The molecule has 2 aromatic heterocycles. The summed E-state index contributed by atoms with van der Waals surface area (Å²) in [6, 6.07) is 8.72. The highest BCUT2D eigenvalue weighted by Gasteiger charge is 2.24. The number of rotatable bonds is 6. The standard InChI is InChI=1S/C28H39N9O/c1-35-14-16-36(17-15-35)27(38)19-6-10-21(11-7-19)31-25-24-26(37(18-30-24)23-4-2-3-5-23)34-28(33-25)32-22-12-8-20(29)9-13-22/h6-7,10-11,18,20,22-23H,2-5,8-9,12-17,29H2,1H3,(H2,31,32,33,34). The van der Waals surface area contributed by atoms with E-state index in [9.17, 15) is 4.79 Å². The minimum absolute atomic E-state index is 0.0862. The first-order chi connectivity index (χ1) is 18.5. The number of hydrogen-bond donors (Lipinski definition) is 3. The molecule has 3 aliphatic rings. The number of nitrogens with zero attached hydrogens (tertiary/aromatic N) is 6. The third-order valence-electron chi connectivity index (χ3n) is 8.43. The van der Waals surface area contributed by atoms with E-state index in [2.05, 4.69) is 27.1 Å². The normalized spacial score (nSPS) is 23.2. The highest BCUT2D eigenvalue weighted by atomic mass is 16.2. The van der Waals surface area contributed by atoms with E-state index < -0.39 is 0 Å². The Balaban J connectivity index is 1.25. The van der Waals surface area contributed by atoms with Crippen LogP contribution in [0.4, 0.5) is 17.5 Å². The maximum atomic E-state index is 13.0. The second-order valence-corrected chi connectivity index (χ2v) is 11.2. The molecule has 1 aromatic carbocycles. The number of imidazole rings is 1. The van der Waals surface area contributed by atoms with Crippen LogP contribution in [-0.4, -0.2) is 80.5 Å². The van der Waals surface area contributed by atoms with Crippen molar-refractivity contribution >= 4 is 34.5 Å². The molecule has 202 valence electrons. The minimum atomic E-state index is 0.0862. The number of fused-ring (bicyclic) bond motifs is 1. The van der Waals surface area contributed by atoms with Crippen molar-refractivity contribution in [2.45, 2.75) is 69.5 Å². The van der Waals surface area contributed by atoms with Crippen molar-refractivity contribution in [2.75, 3.05) is 43.9 Å². The van der Waals surface area contributed by atoms with Crippen LogP contribution in [0.3, 0.4) is 0 Å². The molecule has 1 amide bonds. The van der Waals surface area contributed by atoms with Crippen LogP contribution < -0.4 is 16.4 Å². The topological polar surface area (TPSA) is 117 Å².